The van der Waals surface area contributed by atoms with Gasteiger partial charge in [-0.15, -0.1) is 0 Å². The first-order valence-electron chi connectivity index (χ1n) is 5.30. The van der Waals surface area contributed by atoms with Gasteiger partial charge in [0.1, 0.15) is 0 Å². The van der Waals surface area contributed by atoms with E-state index in [1.54, 1.807) is 12.1 Å². The molecule has 0 unspecified atom stereocenters. The van der Waals surface area contributed by atoms with Crippen molar-refractivity contribution in [2.45, 2.75) is 12.8 Å². The largest absolute Gasteiger partial charge is 0.371 e. The van der Waals surface area contributed by atoms with Crippen LogP contribution >= 0.6 is 15.9 Å². The Labute approximate surface area is 103 Å². The number of benzene rings is 1. The minimum atomic E-state index is -0.332. The average molecular weight is 285 g/mol. The molecule has 1 aliphatic rings. The van der Waals surface area contributed by atoms with E-state index in [1.807, 2.05) is 6.07 Å². The fraction of sp³-hybridized carbons (Fsp3) is 0.455. The molecule has 4 nitrogen and oxygen atoms in total. The van der Waals surface area contributed by atoms with E-state index in [9.17, 15) is 10.1 Å². The lowest BCUT2D eigenvalue weighted by Crippen LogP contribution is -2.21. The van der Waals surface area contributed by atoms with Crippen LogP contribution < -0.4 is 4.90 Å². The van der Waals surface area contributed by atoms with Crippen molar-refractivity contribution in [3.05, 3.63) is 33.9 Å². The molecule has 0 atom stereocenters. The summed E-state index contributed by atoms with van der Waals surface area (Å²) in [5, 5.41) is 11.7. The van der Waals surface area contributed by atoms with E-state index < -0.39 is 0 Å². The molecule has 1 aliphatic heterocycles. The summed E-state index contributed by atoms with van der Waals surface area (Å²) in [5.41, 5.74) is 2.44. The summed E-state index contributed by atoms with van der Waals surface area (Å²) in [6, 6.07) is 5.16. The van der Waals surface area contributed by atoms with Crippen LogP contribution in [0.2, 0.25) is 0 Å². The lowest BCUT2D eigenvalue weighted by atomic mass is 10.1. The van der Waals surface area contributed by atoms with Gasteiger partial charge in [-0.25, -0.2) is 0 Å². The topological polar surface area (TPSA) is 46.4 Å². The summed E-state index contributed by atoms with van der Waals surface area (Å²) >= 11 is 3.40. The molecule has 1 aromatic rings. The number of alkyl halides is 1. The van der Waals surface area contributed by atoms with Crippen LogP contribution in [0.5, 0.6) is 0 Å². The molecule has 0 N–H and O–H groups in total. The summed E-state index contributed by atoms with van der Waals surface area (Å²) in [7, 11) is 0. The highest BCUT2D eigenvalue weighted by Crippen LogP contribution is 2.31. The van der Waals surface area contributed by atoms with Crippen LogP contribution in [0.25, 0.3) is 0 Å². The summed E-state index contributed by atoms with van der Waals surface area (Å²) in [6.45, 7) is 1.93. The number of non-ortho nitro benzene ring substituents is 1. The van der Waals surface area contributed by atoms with Crippen molar-refractivity contribution in [2.75, 3.05) is 23.3 Å². The van der Waals surface area contributed by atoms with Crippen LogP contribution in [-0.2, 0) is 6.42 Å². The fourth-order valence-corrected chi connectivity index (χ4v) is 2.28. The first-order valence-corrected chi connectivity index (χ1v) is 6.43. The van der Waals surface area contributed by atoms with Crippen molar-refractivity contribution in [2.24, 2.45) is 0 Å². The van der Waals surface area contributed by atoms with E-state index in [2.05, 4.69) is 20.8 Å². The van der Waals surface area contributed by atoms with Gasteiger partial charge in [-0.05, 0) is 18.4 Å². The third-order valence-corrected chi connectivity index (χ3v) is 3.39. The highest BCUT2D eigenvalue weighted by atomic mass is 79.9. The van der Waals surface area contributed by atoms with Crippen LogP contribution in [0, 0.1) is 10.1 Å². The van der Waals surface area contributed by atoms with Crippen molar-refractivity contribution < 1.29 is 4.92 Å². The van der Waals surface area contributed by atoms with Gasteiger partial charge >= 0.3 is 0 Å². The summed E-state index contributed by atoms with van der Waals surface area (Å²) in [5.74, 6) is 0. The van der Waals surface area contributed by atoms with Crippen molar-refractivity contribution in [1.29, 1.82) is 0 Å². The van der Waals surface area contributed by atoms with Crippen LogP contribution in [0.1, 0.15) is 12.0 Å². The number of fused-ring (bicyclic) bond motifs is 1. The van der Waals surface area contributed by atoms with Crippen molar-refractivity contribution in [3.63, 3.8) is 0 Å². The van der Waals surface area contributed by atoms with E-state index in [-0.39, 0.29) is 10.6 Å². The molecule has 0 bridgehead atoms. The van der Waals surface area contributed by atoms with Gasteiger partial charge in [-0.2, -0.15) is 0 Å². The molecule has 0 amide bonds. The van der Waals surface area contributed by atoms with Crippen molar-refractivity contribution in [3.8, 4) is 0 Å². The van der Waals surface area contributed by atoms with Gasteiger partial charge in [0.15, 0.2) is 0 Å². The zero-order chi connectivity index (χ0) is 11.5. The second kappa shape index (κ2) is 4.82. The third kappa shape index (κ3) is 2.19. The highest BCUT2D eigenvalue weighted by Gasteiger charge is 2.21. The molecule has 0 aromatic heterocycles. The minimum absolute atomic E-state index is 0.185. The predicted molar refractivity (Wildman–Crippen MR) is 67.4 cm³/mol. The predicted octanol–water partition coefficient (Wildman–Crippen LogP) is 2.74. The molecule has 0 radical (unpaired) electrons. The van der Waals surface area contributed by atoms with Crippen LogP contribution in [0.4, 0.5) is 11.4 Å². The smallest absolute Gasteiger partial charge is 0.271 e. The molecule has 0 saturated carbocycles. The van der Waals surface area contributed by atoms with Crippen LogP contribution in [0.3, 0.4) is 0 Å². The van der Waals surface area contributed by atoms with Crippen LogP contribution in [-0.4, -0.2) is 23.3 Å². The van der Waals surface area contributed by atoms with Crippen molar-refractivity contribution >= 4 is 27.3 Å². The molecule has 0 fully saturated rings. The normalized spacial score (nSPS) is 13.9. The number of hydrogen-bond donors (Lipinski definition) is 0. The van der Waals surface area contributed by atoms with E-state index in [0.717, 1.165) is 36.9 Å². The van der Waals surface area contributed by atoms with Gasteiger partial charge in [0, 0.05) is 36.2 Å². The van der Waals surface area contributed by atoms with Gasteiger partial charge in [0.25, 0.3) is 5.69 Å². The lowest BCUT2D eigenvalue weighted by molar-refractivity contribution is -0.384. The molecule has 16 heavy (non-hydrogen) atoms. The Bertz CT molecular complexity index is 409. The standard InChI is InChI=1S/C11H13BrN2O2/c12-5-1-6-13-7-4-9-2-3-10(14(15)16)8-11(9)13/h2-3,8H,1,4-7H2. The Morgan fingerprint density at radius 2 is 2.31 bits per heavy atom. The second-order valence-corrected chi connectivity index (χ2v) is 4.64. The van der Waals surface area contributed by atoms with Gasteiger partial charge < -0.3 is 4.90 Å². The molecule has 86 valence electrons. The second-order valence-electron chi connectivity index (χ2n) is 3.85. The summed E-state index contributed by atoms with van der Waals surface area (Å²) < 4.78 is 0. The number of nitro groups is 1. The maximum absolute atomic E-state index is 10.7. The van der Waals surface area contributed by atoms with E-state index in [4.69, 9.17) is 0 Å². The van der Waals surface area contributed by atoms with Gasteiger partial charge in [-0.3, -0.25) is 10.1 Å². The maximum Gasteiger partial charge on any atom is 0.271 e. The SMILES string of the molecule is O=[N+]([O-])c1ccc2c(c1)N(CCCBr)CC2. The number of halogens is 1. The Balaban J connectivity index is 2.22. The number of nitro benzene ring substituents is 1. The molecule has 0 spiro atoms. The summed E-state index contributed by atoms with van der Waals surface area (Å²) in [6.07, 6.45) is 2.05. The molecule has 0 saturated heterocycles. The maximum atomic E-state index is 10.7. The number of anilines is 1. The van der Waals surface area contributed by atoms with Gasteiger partial charge in [0.2, 0.25) is 0 Å². The van der Waals surface area contributed by atoms with Crippen LogP contribution in [0.15, 0.2) is 18.2 Å². The minimum Gasteiger partial charge on any atom is -0.371 e. The first-order chi connectivity index (χ1) is 7.72. The quantitative estimate of drug-likeness (QED) is 0.485. The Hall–Kier alpha value is -1.10. The van der Waals surface area contributed by atoms with Gasteiger partial charge in [0.05, 0.1) is 4.92 Å². The van der Waals surface area contributed by atoms with Gasteiger partial charge in [-0.1, -0.05) is 22.0 Å². The third-order valence-electron chi connectivity index (χ3n) is 2.83. The Morgan fingerprint density at radius 1 is 1.50 bits per heavy atom. The Kier molecular flexibility index (Phi) is 3.43. The lowest BCUT2D eigenvalue weighted by Gasteiger charge is -2.18. The summed E-state index contributed by atoms with van der Waals surface area (Å²) in [4.78, 5) is 12.6. The highest BCUT2D eigenvalue weighted by molar-refractivity contribution is 9.09. The molecule has 1 aromatic carbocycles. The zero-order valence-corrected chi connectivity index (χ0v) is 10.4. The first kappa shape index (κ1) is 11.4. The molecular weight excluding hydrogens is 272 g/mol. The number of rotatable bonds is 4. The zero-order valence-electron chi connectivity index (χ0n) is 8.86. The molecule has 2 rings (SSSR count). The van der Waals surface area contributed by atoms with E-state index in [0.29, 0.717) is 0 Å². The number of nitrogens with zero attached hydrogens (tertiary/aromatic N) is 2. The van der Waals surface area contributed by atoms with Crippen molar-refractivity contribution in [1.82, 2.24) is 0 Å². The van der Waals surface area contributed by atoms with E-state index in [1.165, 1.54) is 5.56 Å². The Morgan fingerprint density at radius 3 is 3.00 bits per heavy atom. The molecule has 1 heterocycles. The average Bonchev–Trinajstić information content (AvgIpc) is 2.68. The monoisotopic (exact) mass is 284 g/mol. The fourth-order valence-electron chi connectivity index (χ4n) is 2.03. The number of hydrogen-bond acceptors (Lipinski definition) is 3. The molecule has 5 heteroatoms. The van der Waals surface area contributed by atoms with E-state index >= 15 is 0 Å². The molecular formula is C11H13BrN2O2. The molecule has 0 aliphatic carbocycles.